The van der Waals surface area contributed by atoms with Gasteiger partial charge in [-0.1, -0.05) is 13.0 Å². The quantitative estimate of drug-likeness (QED) is 0.630. The van der Waals surface area contributed by atoms with Crippen LogP contribution in [0.25, 0.3) is 10.9 Å². The number of nitrogens with one attached hydrogen (secondary N) is 1. The minimum Gasteiger partial charge on any atom is -0.465 e. The van der Waals surface area contributed by atoms with Gasteiger partial charge >= 0.3 is 12.3 Å². The van der Waals surface area contributed by atoms with E-state index in [1.54, 1.807) is 18.2 Å². The van der Waals surface area contributed by atoms with Gasteiger partial charge in [-0.15, -0.1) is 0 Å². The second-order valence-corrected chi connectivity index (χ2v) is 7.76. The summed E-state index contributed by atoms with van der Waals surface area (Å²) in [6.07, 6.45) is -4.55. The second kappa shape index (κ2) is 7.16. The van der Waals surface area contributed by atoms with Crippen molar-refractivity contribution in [2.45, 2.75) is 32.1 Å². The van der Waals surface area contributed by atoms with Gasteiger partial charge in [0, 0.05) is 30.2 Å². The van der Waals surface area contributed by atoms with Crippen molar-refractivity contribution in [2.24, 2.45) is 5.92 Å². The number of likely N-dealkylation sites (tertiary alicyclic amines) is 1. The largest absolute Gasteiger partial charge is 0.465 e. The molecule has 1 fully saturated rings. The van der Waals surface area contributed by atoms with E-state index in [1.165, 1.54) is 9.47 Å². The molecule has 0 aliphatic carbocycles. The van der Waals surface area contributed by atoms with Crippen LogP contribution < -0.4 is 5.32 Å². The Morgan fingerprint density at radius 2 is 2.15 bits per heavy atom. The van der Waals surface area contributed by atoms with E-state index in [0.29, 0.717) is 28.7 Å². The lowest BCUT2D eigenvalue weighted by molar-refractivity contribution is -0.140. The molecule has 1 aromatic carbocycles. The Kier molecular flexibility index (Phi) is 5.27. The Morgan fingerprint density at radius 1 is 1.42 bits per heavy atom. The molecule has 1 aliphatic heterocycles. The number of fused-ring (bicyclic) bond motifs is 1. The lowest BCUT2D eigenvalue weighted by Gasteiger charge is -2.36. The normalized spacial score (nSPS) is 21.2. The third-order valence-corrected chi connectivity index (χ3v) is 5.64. The van der Waals surface area contributed by atoms with Crippen molar-refractivity contribution in [1.82, 2.24) is 9.47 Å². The molecule has 1 saturated heterocycles. The number of nitrogens with zero attached hydrogens (tertiary/aromatic N) is 2. The average molecular weight is 481 g/mol. The molecular weight excluding hydrogens is 462 g/mol. The molecule has 26 heavy (non-hydrogen) atoms. The van der Waals surface area contributed by atoms with Gasteiger partial charge in [0.2, 0.25) is 0 Å². The van der Waals surface area contributed by atoms with Gasteiger partial charge in [-0.3, -0.25) is 0 Å². The fourth-order valence-corrected chi connectivity index (χ4v) is 4.19. The van der Waals surface area contributed by atoms with Crippen molar-refractivity contribution in [3.8, 4) is 0 Å². The molecule has 0 saturated carbocycles. The number of hydrogen-bond acceptors (Lipinski definition) is 2. The third kappa shape index (κ3) is 4.02. The van der Waals surface area contributed by atoms with Gasteiger partial charge in [-0.25, -0.2) is 4.79 Å². The summed E-state index contributed by atoms with van der Waals surface area (Å²) in [6, 6.07) is 7.10. The number of amides is 1. The number of carboxylic acid groups (broad SMARTS) is 1. The number of rotatable bonds is 3. The maximum absolute atomic E-state index is 12.9. The summed E-state index contributed by atoms with van der Waals surface area (Å²) in [4.78, 5) is 12.5. The number of anilines is 1. The zero-order chi connectivity index (χ0) is 19.1. The molecule has 2 aromatic rings. The van der Waals surface area contributed by atoms with Gasteiger partial charge in [0.15, 0.2) is 0 Å². The number of halogens is 4. The topological polar surface area (TPSA) is 57.5 Å². The summed E-state index contributed by atoms with van der Waals surface area (Å²) in [7, 11) is 0. The average Bonchev–Trinajstić information content (AvgIpc) is 2.85. The van der Waals surface area contributed by atoms with E-state index >= 15 is 0 Å². The summed E-state index contributed by atoms with van der Waals surface area (Å²) < 4.78 is 40.4. The SMILES string of the molecule is C[C@H]1CN(C(=O)O)CC[C@@H]1Nc1cccc2c1cc(I)n2CC(F)(F)F. The molecule has 1 aliphatic rings. The van der Waals surface area contributed by atoms with Gasteiger partial charge < -0.3 is 19.9 Å². The summed E-state index contributed by atoms with van der Waals surface area (Å²) in [6.45, 7) is 1.84. The zero-order valence-corrected chi connectivity index (χ0v) is 16.2. The van der Waals surface area contributed by atoms with Crippen LogP contribution in [0.3, 0.4) is 0 Å². The van der Waals surface area contributed by atoms with Crippen LogP contribution in [-0.4, -0.2) is 46.0 Å². The number of carbonyl (C=O) groups is 1. The number of hydrogen-bond donors (Lipinski definition) is 2. The van der Waals surface area contributed by atoms with Crippen molar-refractivity contribution in [3.05, 3.63) is 28.0 Å². The molecule has 2 N–H and O–H groups in total. The van der Waals surface area contributed by atoms with Crippen molar-refractivity contribution in [1.29, 1.82) is 0 Å². The predicted molar refractivity (Wildman–Crippen MR) is 101 cm³/mol. The van der Waals surface area contributed by atoms with Crippen molar-refractivity contribution >= 4 is 45.3 Å². The Labute approximate surface area is 162 Å². The highest BCUT2D eigenvalue weighted by Crippen LogP contribution is 2.32. The van der Waals surface area contributed by atoms with Crippen LogP contribution in [0.1, 0.15) is 13.3 Å². The number of benzene rings is 1. The first-order valence-corrected chi connectivity index (χ1v) is 9.32. The Bertz CT molecular complexity index is 821. The molecule has 9 heteroatoms. The van der Waals surface area contributed by atoms with E-state index < -0.39 is 18.8 Å². The van der Waals surface area contributed by atoms with E-state index in [0.717, 1.165) is 11.1 Å². The maximum atomic E-state index is 12.9. The first kappa shape index (κ1) is 19.1. The molecule has 1 aromatic heterocycles. The zero-order valence-electron chi connectivity index (χ0n) is 14.1. The molecular formula is C17H19F3IN3O2. The van der Waals surface area contributed by atoms with Crippen LogP contribution in [0, 0.1) is 9.62 Å². The van der Waals surface area contributed by atoms with E-state index in [4.69, 9.17) is 5.11 Å². The van der Waals surface area contributed by atoms with E-state index in [1.807, 2.05) is 35.6 Å². The lowest BCUT2D eigenvalue weighted by Crippen LogP contribution is -2.47. The second-order valence-electron chi connectivity index (χ2n) is 6.65. The van der Waals surface area contributed by atoms with E-state index in [9.17, 15) is 18.0 Å². The van der Waals surface area contributed by atoms with Crippen LogP contribution in [0.15, 0.2) is 24.3 Å². The van der Waals surface area contributed by atoms with Crippen LogP contribution in [0.5, 0.6) is 0 Å². The molecule has 0 bridgehead atoms. The van der Waals surface area contributed by atoms with Gasteiger partial charge in [0.25, 0.3) is 0 Å². The molecule has 2 heterocycles. The summed E-state index contributed by atoms with van der Waals surface area (Å²) >= 11 is 1.92. The van der Waals surface area contributed by atoms with Gasteiger partial charge in [0.05, 0.1) is 9.22 Å². The van der Waals surface area contributed by atoms with Crippen LogP contribution in [0.4, 0.5) is 23.7 Å². The van der Waals surface area contributed by atoms with Crippen LogP contribution in [0.2, 0.25) is 0 Å². The van der Waals surface area contributed by atoms with Crippen molar-refractivity contribution in [2.75, 3.05) is 18.4 Å². The van der Waals surface area contributed by atoms with Gasteiger partial charge in [-0.2, -0.15) is 13.2 Å². The fraction of sp³-hybridized carbons (Fsp3) is 0.471. The highest BCUT2D eigenvalue weighted by molar-refractivity contribution is 14.1. The third-order valence-electron chi connectivity index (χ3n) is 4.75. The van der Waals surface area contributed by atoms with Gasteiger partial charge in [0.1, 0.15) is 6.54 Å². The molecule has 0 spiro atoms. The van der Waals surface area contributed by atoms with E-state index in [2.05, 4.69) is 5.32 Å². The first-order chi connectivity index (χ1) is 12.2. The molecule has 2 atom stereocenters. The molecule has 0 radical (unpaired) electrons. The molecule has 1 amide bonds. The van der Waals surface area contributed by atoms with Gasteiger partial charge in [-0.05, 0) is 53.1 Å². The number of piperidine rings is 1. The minimum atomic E-state index is -4.28. The molecule has 142 valence electrons. The molecule has 3 rings (SSSR count). The standard InChI is InChI=1S/C17H19F3IN3O2/c1-10-8-23(16(25)26)6-5-12(10)22-13-3-2-4-14-11(13)7-15(21)24(14)9-17(18,19)20/h2-4,7,10,12,22H,5-6,8-9H2,1H3,(H,25,26)/t10-,12-/m0/s1. The minimum absolute atomic E-state index is 0.0693. The fourth-order valence-electron chi connectivity index (χ4n) is 3.45. The first-order valence-electron chi connectivity index (χ1n) is 8.24. The Balaban J connectivity index is 1.85. The Hall–Kier alpha value is -1.65. The molecule has 0 unspecified atom stereocenters. The van der Waals surface area contributed by atoms with E-state index in [-0.39, 0.29) is 12.0 Å². The predicted octanol–water partition coefficient (Wildman–Crippen LogP) is 4.61. The van der Waals surface area contributed by atoms with Crippen LogP contribution in [-0.2, 0) is 6.54 Å². The van der Waals surface area contributed by atoms with Crippen molar-refractivity contribution < 1.29 is 23.1 Å². The monoisotopic (exact) mass is 481 g/mol. The highest BCUT2D eigenvalue weighted by Gasteiger charge is 2.31. The number of alkyl halides is 3. The number of aromatic nitrogens is 1. The smallest absolute Gasteiger partial charge is 0.407 e. The van der Waals surface area contributed by atoms with Crippen molar-refractivity contribution in [3.63, 3.8) is 0 Å². The summed E-state index contributed by atoms with van der Waals surface area (Å²) in [5.74, 6) is 0.103. The summed E-state index contributed by atoms with van der Waals surface area (Å²) in [5, 5.41) is 13.3. The highest BCUT2D eigenvalue weighted by atomic mass is 127. The van der Waals surface area contributed by atoms with Crippen LogP contribution >= 0.6 is 22.6 Å². The summed E-state index contributed by atoms with van der Waals surface area (Å²) in [5.41, 5.74) is 1.31. The Morgan fingerprint density at radius 3 is 2.77 bits per heavy atom. The maximum Gasteiger partial charge on any atom is 0.407 e. The molecule has 5 nitrogen and oxygen atoms in total. The lowest BCUT2D eigenvalue weighted by atomic mass is 9.93.